The van der Waals surface area contributed by atoms with Gasteiger partial charge in [-0.1, -0.05) is 25.7 Å². The Bertz CT molecular complexity index is 571. The largest absolute Gasteiger partial charge is 0.379 e. The molecule has 1 aliphatic heterocycles. The third kappa shape index (κ3) is 4.55. The second-order valence-electron chi connectivity index (χ2n) is 7.36. The molecule has 1 aliphatic carbocycles. The first-order chi connectivity index (χ1) is 12.1. The normalized spacial score (nSPS) is 21.5. The van der Waals surface area contributed by atoms with E-state index in [2.05, 4.69) is 20.2 Å². The summed E-state index contributed by atoms with van der Waals surface area (Å²) in [5.74, 6) is 0.549. The van der Waals surface area contributed by atoms with E-state index in [0.717, 1.165) is 44.8 Å². The molecule has 0 radical (unpaired) electrons. The van der Waals surface area contributed by atoms with Crippen molar-refractivity contribution in [2.75, 3.05) is 32.8 Å². The van der Waals surface area contributed by atoms with Crippen LogP contribution in [0.25, 0.3) is 0 Å². The van der Waals surface area contributed by atoms with Crippen molar-refractivity contribution in [3.8, 4) is 0 Å². The maximum atomic E-state index is 12.7. The number of aromatic nitrogens is 2. The number of nitrogens with zero attached hydrogens (tertiary/aromatic N) is 3. The van der Waals surface area contributed by atoms with Crippen LogP contribution in [0.3, 0.4) is 0 Å². The number of carbonyl (C=O) groups excluding carboxylic acids is 1. The first kappa shape index (κ1) is 18.3. The summed E-state index contributed by atoms with van der Waals surface area (Å²) in [6, 6.07) is 1.76. The second-order valence-corrected chi connectivity index (χ2v) is 7.36. The lowest BCUT2D eigenvalue weighted by Gasteiger charge is -2.45. The highest BCUT2D eigenvalue weighted by Crippen LogP contribution is 2.33. The van der Waals surface area contributed by atoms with Crippen molar-refractivity contribution >= 4 is 5.91 Å². The molecule has 1 saturated carbocycles. The molecule has 0 spiro atoms. The second kappa shape index (κ2) is 8.23. The van der Waals surface area contributed by atoms with Gasteiger partial charge in [-0.2, -0.15) is 0 Å². The Morgan fingerprint density at radius 3 is 2.48 bits per heavy atom. The van der Waals surface area contributed by atoms with Gasteiger partial charge >= 0.3 is 0 Å². The van der Waals surface area contributed by atoms with E-state index in [1.54, 1.807) is 6.07 Å². The van der Waals surface area contributed by atoms with Crippen LogP contribution in [0.5, 0.6) is 0 Å². The van der Waals surface area contributed by atoms with Crippen LogP contribution in [0.15, 0.2) is 6.07 Å². The first-order valence-electron chi connectivity index (χ1n) is 9.52. The van der Waals surface area contributed by atoms with Gasteiger partial charge in [0.05, 0.1) is 13.2 Å². The fraction of sp³-hybridized carbons (Fsp3) is 0.737. The molecule has 6 nitrogen and oxygen atoms in total. The molecular formula is C19H30N4O2. The molecule has 3 rings (SSSR count). The first-order valence-corrected chi connectivity index (χ1v) is 9.52. The molecule has 0 bridgehead atoms. The minimum atomic E-state index is -0.0921. The van der Waals surface area contributed by atoms with Crippen molar-refractivity contribution in [1.29, 1.82) is 0 Å². The van der Waals surface area contributed by atoms with Crippen LogP contribution in [0.2, 0.25) is 0 Å². The van der Waals surface area contributed by atoms with Crippen molar-refractivity contribution in [2.24, 2.45) is 0 Å². The number of aryl methyl sites for hydroxylation is 2. The fourth-order valence-electron chi connectivity index (χ4n) is 4.20. The number of carbonyl (C=O) groups is 1. The number of hydrogen-bond donors (Lipinski definition) is 1. The third-order valence-electron chi connectivity index (χ3n) is 5.49. The molecule has 0 aromatic carbocycles. The molecule has 0 unspecified atom stereocenters. The van der Waals surface area contributed by atoms with E-state index in [0.29, 0.717) is 18.1 Å². The van der Waals surface area contributed by atoms with E-state index in [1.165, 1.54) is 25.7 Å². The zero-order chi connectivity index (χ0) is 17.7. The molecule has 6 heteroatoms. The van der Waals surface area contributed by atoms with Crippen molar-refractivity contribution in [3.63, 3.8) is 0 Å². The maximum Gasteiger partial charge on any atom is 0.270 e. The summed E-state index contributed by atoms with van der Waals surface area (Å²) in [6.07, 6.45) is 7.36. The molecule has 1 aromatic rings. The summed E-state index contributed by atoms with van der Waals surface area (Å²) >= 11 is 0. The molecule has 1 amide bonds. The molecule has 138 valence electrons. The van der Waals surface area contributed by atoms with E-state index in [9.17, 15) is 4.79 Å². The topological polar surface area (TPSA) is 67.4 Å². The summed E-state index contributed by atoms with van der Waals surface area (Å²) in [5.41, 5.74) is 1.36. The van der Waals surface area contributed by atoms with Crippen molar-refractivity contribution in [1.82, 2.24) is 20.2 Å². The van der Waals surface area contributed by atoms with Crippen molar-refractivity contribution < 1.29 is 9.53 Å². The van der Waals surface area contributed by atoms with Crippen molar-refractivity contribution in [2.45, 2.75) is 57.9 Å². The van der Waals surface area contributed by atoms with Gasteiger partial charge < -0.3 is 10.1 Å². The Kier molecular flexibility index (Phi) is 6.02. The number of rotatable bonds is 4. The molecule has 2 fully saturated rings. The predicted molar refractivity (Wildman–Crippen MR) is 96.7 cm³/mol. The molecule has 0 atom stereocenters. The van der Waals surface area contributed by atoms with Crippen LogP contribution in [-0.2, 0) is 4.74 Å². The summed E-state index contributed by atoms with van der Waals surface area (Å²) in [4.78, 5) is 23.8. The quantitative estimate of drug-likeness (QED) is 0.847. The zero-order valence-corrected chi connectivity index (χ0v) is 15.5. The lowest BCUT2D eigenvalue weighted by molar-refractivity contribution is -0.0281. The summed E-state index contributed by atoms with van der Waals surface area (Å²) in [6.45, 7) is 7.91. The minimum absolute atomic E-state index is 0.0626. The molecule has 2 heterocycles. The standard InChI is InChI=1S/C19H30N4O2/c1-15-13-17(22-16(2)21-15)18(24)20-14-19(7-5-3-4-6-8-19)23-9-11-25-12-10-23/h13H,3-12,14H2,1-2H3,(H,20,24). The Labute approximate surface area is 150 Å². The maximum absolute atomic E-state index is 12.7. The van der Waals surface area contributed by atoms with Gasteiger partial charge in [-0.25, -0.2) is 9.97 Å². The van der Waals surface area contributed by atoms with Crippen LogP contribution in [0, 0.1) is 13.8 Å². The fourth-order valence-corrected chi connectivity index (χ4v) is 4.20. The monoisotopic (exact) mass is 346 g/mol. The van der Waals surface area contributed by atoms with E-state index in [1.807, 2.05) is 13.8 Å². The molecular weight excluding hydrogens is 316 g/mol. The highest BCUT2D eigenvalue weighted by molar-refractivity contribution is 5.92. The number of nitrogens with one attached hydrogen (secondary N) is 1. The molecule has 1 saturated heterocycles. The van der Waals surface area contributed by atoms with Crippen LogP contribution >= 0.6 is 0 Å². The van der Waals surface area contributed by atoms with Gasteiger partial charge in [-0.05, 0) is 32.8 Å². The highest BCUT2D eigenvalue weighted by Gasteiger charge is 2.38. The lowest BCUT2D eigenvalue weighted by Crippen LogP contribution is -2.58. The SMILES string of the molecule is Cc1cc(C(=O)NCC2(N3CCOCC3)CCCCCC2)nc(C)n1. The number of amides is 1. The van der Waals surface area contributed by atoms with Gasteiger partial charge in [0.1, 0.15) is 11.5 Å². The average molecular weight is 346 g/mol. The summed E-state index contributed by atoms with van der Waals surface area (Å²) in [7, 11) is 0. The summed E-state index contributed by atoms with van der Waals surface area (Å²) < 4.78 is 5.54. The molecule has 2 aliphatic rings. The molecule has 1 aromatic heterocycles. The Hall–Kier alpha value is -1.53. The van der Waals surface area contributed by atoms with E-state index >= 15 is 0 Å². The Balaban J connectivity index is 1.72. The summed E-state index contributed by atoms with van der Waals surface area (Å²) in [5, 5.41) is 3.18. The van der Waals surface area contributed by atoms with Gasteiger partial charge in [0, 0.05) is 30.9 Å². The number of hydrogen-bond acceptors (Lipinski definition) is 5. The Morgan fingerprint density at radius 1 is 1.16 bits per heavy atom. The Morgan fingerprint density at radius 2 is 1.84 bits per heavy atom. The van der Waals surface area contributed by atoms with Crippen LogP contribution in [-0.4, -0.2) is 59.2 Å². The van der Waals surface area contributed by atoms with Gasteiger partial charge in [0.2, 0.25) is 0 Å². The molecule has 25 heavy (non-hydrogen) atoms. The average Bonchev–Trinajstić information content (AvgIpc) is 2.86. The van der Waals surface area contributed by atoms with Gasteiger partial charge in [0.15, 0.2) is 0 Å². The van der Waals surface area contributed by atoms with Crippen molar-refractivity contribution in [3.05, 3.63) is 23.3 Å². The van der Waals surface area contributed by atoms with E-state index in [-0.39, 0.29) is 11.4 Å². The predicted octanol–water partition coefficient (Wildman–Crippen LogP) is 2.25. The number of ether oxygens (including phenoxy) is 1. The van der Waals surface area contributed by atoms with E-state index < -0.39 is 0 Å². The highest BCUT2D eigenvalue weighted by atomic mass is 16.5. The van der Waals surface area contributed by atoms with Gasteiger partial charge in [-0.3, -0.25) is 9.69 Å². The van der Waals surface area contributed by atoms with Gasteiger partial charge in [-0.15, -0.1) is 0 Å². The minimum Gasteiger partial charge on any atom is -0.379 e. The van der Waals surface area contributed by atoms with Gasteiger partial charge in [0.25, 0.3) is 5.91 Å². The zero-order valence-electron chi connectivity index (χ0n) is 15.5. The van der Waals surface area contributed by atoms with Crippen LogP contribution in [0.1, 0.15) is 60.5 Å². The lowest BCUT2D eigenvalue weighted by atomic mass is 9.87. The van der Waals surface area contributed by atoms with E-state index in [4.69, 9.17) is 4.74 Å². The smallest absolute Gasteiger partial charge is 0.270 e. The van der Waals surface area contributed by atoms with Crippen LogP contribution < -0.4 is 5.32 Å². The third-order valence-corrected chi connectivity index (χ3v) is 5.49. The molecule has 1 N–H and O–H groups in total. The number of morpholine rings is 1. The van der Waals surface area contributed by atoms with Crippen LogP contribution in [0.4, 0.5) is 0 Å².